The quantitative estimate of drug-likeness (QED) is 0.296. The van der Waals surface area contributed by atoms with E-state index < -0.39 is 11.9 Å². The van der Waals surface area contributed by atoms with Gasteiger partial charge < -0.3 is 9.47 Å². The first-order chi connectivity index (χ1) is 13.2. The third-order valence-corrected chi connectivity index (χ3v) is 3.30. The molecule has 0 bridgehead atoms. The number of hydrogen-bond acceptors (Lipinski definition) is 6. The fraction of sp³-hybridized carbons (Fsp3) is 0.619. The fourth-order valence-corrected chi connectivity index (χ4v) is 1.87. The molecule has 6 heteroatoms. The lowest BCUT2D eigenvalue weighted by Gasteiger charge is -2.01. The molecular formula is C21H26N2O4. The number of rotatable bonds is 12. The summed E-state index contributed by atoms with van der Waals surface area (Å²) in [4.78, 5) is 23.0. The van der Waals surface area contributed by atoms with Crippen LogP contribution in [0.4, 0.5) is 0 Å². The molecule has 0 heterocycles. The number of nitrogens with zero attached hydrogens (tertiary/aromatic N) is 2. The van der Waals surface area contributed by atoms with Gasteiger partial charge in [0, 0.05) is 38.5 Å². The van der Waals surface area contributed by atoms with E-state index in [2.05, 4.69) is 35.8 Å². The van der Waals surface area contributed by atoms with Gasteiger partial charge in [0.25, 0.3) is 0 Å². The lowest BCUT2D eigenvalue weighted by Crippen LogP contribution is -2.08. The highest BCUT2D eigenvalue weighted by atomic mass is 16.5. The lowest BCUT2D eigenvalue weighted by molar-refractivity contribution is -0.144. The summed E-state index contributed by atoms with van der Waals surface area (Å²) in [5.41, 5.74) is 0. The Kier molecular flexibility index (Phi) is 17.2. The van der Waals surface area contributed by atoms with Gasteiger partial charge >= 0.3 is 11.9 Å². The molecule has 0 saturated heterocycles. The molecule has 0 aromatic rings. The summed E-state index contributed by atoms with van der Waals surface area (Å²) in [6, 6.07) is 4.14. The predicted octanol–water partition coefficient (Wildman–Crippen LogP) is 3.42. The van der Waals surface area contributed by atoms with Gasteiger partial charge in [0.1, 0.15) is 0 Å². The van der Waals surface area contributed by atoms with Crippen LogP contribution in [0.2, 0.25) is 0 Å². The highest BCUT2D eigenvalue weighted by molar-refractivity contribution is 5.72. The SMILES string of the molecule is N#CCCCCC#CCOC(=O)CCCC(=O)OCC#CCCCCC#N. The Bertz CT molecular complexity index is 580. The van der Waals surface area contributed by atoms with Crippen molar-refractivity contribution in [1.82, 2.24) is 0 Å². The van der Waals surface area contributed by atoms with Crippen molar-refractivity contribution >= 4 is 11.9 Å². The van der Waals surface area contributed by atoms with Gasteiger partial charge in [-0.15, -0.1) is 0 Å². The Labute approximate surface area is 161 Å². The maximum atomic E-state index is 11.5. The van der Waals surface area contributed by atoms with Gasteiger partial charge in [-0.05, 0) is 32.1 Å². The summed E-state index contributed by atoms with van der Waals surface area (Å²) in [6.07, 6.45) is 6.48. The third-order valence-electron chi connectivity index (χ3n) is 3.30. The van der Waals surface area contributed by atoms with Gasteiger partial charge in [0.05, 0.1) is 12.1 Å². The predicted molar refractivity (Wildman–Crippen MR) is 99.5 cm³/mol. The Morgan fingerprint density at radius 3 is 1.41 bits per heavy atom. The Hall–Kier alpha value is -2.96. The minimum absolute atomic E-state index is 0.0471. The van der Waals surface area contributed by atoms with Crippen LogP contribution in [0.15, 0.2) is 0 Å². The first-order valence-electron chi connectivity index (χ1n) is 9.17. The molecule has 0 fully saturated rings. The standard InChI is InChI=1S/C21H26N2O4/c22-16-9-5-1-3-7-11-18-26-20(24)14-13-15-21(25)27-19-12-8-4-2-6-10-17-23/h1-6,9-10,13-15,18-19H2. The largest absolute Gasteiger partial charge is 0.452 e. The molecular weight excluding hydrogens is 344 g/mol. The van der Waals surface area contributed by atoms with Gasteiger partial charge in [-0.25, -0.2) is 0 Å². The van der Waals surface area contributed by atoms with Gasteiger partial charge in [0.15, 0.2) is 13.2 Å². The van der Waals surface area contributed by atoms with Gasteiger partial charge in [0.2, 0.25) is 0 Å². The molecule has 0 aromatic heterocycles. The van der Waals surface area contributed by atoms with E-state index in [0.717, 1.165) is 25.7 Å². The first kappa shape index (κ1) is 24.0. The van der Waals surface area contributed by atoms with Crippen LogP contribution < -0.4 is 0 Å². The van der Waals surface area contributed by atoms with Crippen molar-refractivity contribution in [1.29, 1.82) is 10.5 Å². The molecule has 0 aromatic carbocycles. The smallest absolute Gasteiger partial charge is 0.306 e. The minimum atomic E-state index is -0.390. The molecule has 6 nitrogen and oxygen atoms in total. The molecule has 0 saturated carbocycles. The van der Waals surface area contributed by atoms with E-state index >= 15 is 0 Å². The molecule has 144 valence electrons. The van der Waals surface area contributed by atoms with Crippen molar-refractivity contribution in [3.05, 3.63) is 0 Å². The molecule has 0 atom stereocenters. The zero-order valence-electron chi connectivity index (χ0n) is 15.7. The molecule has 0 aliphatic carbocycles. The van der Waals surface area contributed by atoms with E-state index in [-0.39, 0.29) is 26.1 Å². The van der Waals surface area contributed by atoms with Gasteiger partial charge in [-0.1, -0.05) is 23.7 Å². The Morgan fingerprint density at radius 1 is 0.593 bits per heavy atom. The van der Waals surface area contributed by atoms with E-state index in [1.54, 1.807) is 0 Å². The van der Waals surface area contributed by atoms with E-state index in [1.165, 1.54) is 0 Å². The Balaban J connectivity index is 3.57. The summed E-state index contributed by atoms with van der Waals surface area (Å²) in [5.74, 6) is 10.5. The number of carbonyl (C=O) groups is 2. The van der Waals surface area contributed by atoms with Crippen LogP contribution in [-0.2, 0) is 19.1 Å². The highest BCUT2D eigenvalue weighted by Gasteiger charge is 2.06. The summed E-state index contributed by atoms with van der Waals surface area (Å²) in [5, 5.41) is 16.8. The number of hydrogen-bond donors (Lipinski definition) is 0. The number of esters is 2. The van der Waals surface area contributed by atoms with E-state index in [0.29, 0.717) is 32.1 Å². The summed E-state index contributed by atoms with van der Waals surface area (Å²) in [7, 11) is 0. The zero-order chi connectivity index (χ0) is 20.0. The second-order valence-corrected chi connectivity index (χ2v) is 5.61. The molecule has 0 radical (unpaired) electrons. The maximum absolute atomic E-state index is 11.5. The van der Waals surface area contributed by atoms with Crippen molar-refractivity contribution in [2.24, 2.45) is 0 Å². The van der Waals surface area contributed by atoms with E-state index in [1.807, 2.05) is 0 Å². The molecule has 0 amide bonds. The normalized spacial score (nSPS) is 8.81. The van der Waals surface area contributed by atoms with Crippen molar-refractivity contribution in [3.63, 3.8) is 0 Å². The van der Waals surface area contributed by atoms with Gasteiger partial charge in [-0.3, -0.25) is 9.59 Å². The first-order valence-corrected chi connectivity index (χ1v) is 9.17. The zero-order valence-corrected chi connectivity index (χ0v) is 15.7. The summed E-state index contributed by atoms with van der Waals surface area (Å²) >= 11 is 0. The number of unbranched alkanes of at least 4 members (excludes halogenated alkanes) is 6. The second-order valence-electron chi connectivity index (χ2n) is 5.61. The van der Waals surface area contributed by atoms with Crippen LogP contribution in [0.5, 0.6) is 0 Å². The third kappa shape index (κ3) is 19.2. The monoisotopic (exact) mass is 370 g/mol. The average molecular weight is 370 g/mol. The number of carbonyl (C=O) groups excluding carboxylic acids is 2. The fourth-order valence-electron chi connectivity index (χ4n) is 1.87. The van der Waals surface area contributed by atoms with Crippen molar-refractivity contribution in [3.8, 4) is 35.8 Å². The van der Waals surface area contributed by atoms with Crippen molar-refractivity contribution < 1.29 is 19.1 Å². The van der Waals surface area contributed by atoms with Crippen molar-refractivity contribution in [2.75, 3.05) is 13.2 Å². The molecule has 27 heavy (non-hydrogen) atoms. The van der Waals surface area contributed by atoms with Crippen LogP contribution in [0.1, 0.15) is 70.6 Å². The van der Waals surface area contributed by atoms with Crippen LogP contribution in [0.25, 0.3) is 0 Å². The summed E-state index contributed by atoms with van der Waals surface area (Å²) in [6.45, 7) is 0.0942. The Morgan fingerprint density at radius 2 is 1.00 bits per heavy atom. The van der Waals surface area contributed by atoms with E-state index in [9.17, 15) is 9.59 Å². The highest BCUT2D eigenvalue weighted by Crippen LogP contribution is 2.00. The molecule has 0 spiro atoms. The summed E-state index contributed by atoms with van der Waals surface area (Å²) < 4.78 is 9.89. The van der Waals surface area contributed by atoms with Crippen LogP contribution in [-0.4, -0.2) is 25.2 Å². The van der Waals surface area contributed by atoms with Crippen LogP contribution in [0, 0.1) is 46.3 Å². The van der Waals surface area contributed by atoms with Crippen LogP contribution in [0.3, 0.4) is 0 Å². The maximum Gasteiger partial charge on any atom is 0.306 e. The molecule has 0 rings (SSSR count). The second kappa shape index (κ2) is 19.4. The number of nitriles is 2. The van der Waals surface area contributed by atoms with Gasteiger partial charge in [-0.2, -0.15) is 10.5 Å². The minimum Gasteiger partial charge on any atom is -0.452 e. The molecule has 0 N–H and O–H groups in total. The average Bonchev–Trinajstić information content (AvgIpc) is 2.66. The van der Waals surface area contributed by atoms with Crippen LogP contribution >= 0.6 is 0 Å². The molecule has 0 aliphatic heterocycles. The molecule has 0 aliphatic rings. The van der Waals surface area contributed by atoms with E-state index in [4.69, 9.17) is 20.0 Å². The molecule has 0 unspecified atom stereocenters. The topological polar surface area (TPSA) is 100 Å². The van der Waals surface area contributed by atoms with Crippen molar-refractivity contribution in [2.45, 2.75) is 70.6 Å². The lowest BCUT2D eigenvalue weighted by atomic mass is 10.2. The number of ether oxygens (including phenoxy) is 2.